The van der Waals surface area contributed by atoms with E-state index in [0.717, 1.165) is 7.69 Å². The third-order valence-electron chi connectivity index (χ3n) is 3.08. The molecule has 0 saturated carbocycles. The van der Waals surface area contributed by atoms with Crippen molar-refractivity contribution < 1.29 is 28.6 Å². The van der Waals surface area contributed by atoms with Crippen LogP contribution in [0.15, 0.2) is 36.4 Å². The topological polar surface area (TPSA) is 123 Å². The molecule has 0 atom stereocenters. The molecule has 2 aromatic carbocycles. The van der Waals surface area contributed by atoms with Gasteiger partial charge in [-0.3, -0.25) is 20.2 Å². The van der Waals surface area contributed by atoms with Gasteiger partial charge in [-0.25, -0.2) is 0 Å². The highest BCUT2D eigenvalue weighted by atomic mass is 16.6. The summed E-state index contributed by atoms with van der Waals surface area (Å²) in [5.74, 6) is 0.348. The van der Waals surface area contributed by atoms with Crippen molar-refractivity contribution in [1.29, 1.82) is 0 Å². The molecule has 25 heavy (non-hydrogen) atoms. The summed E-state index contributed by atoms with van der Waals surface area (Å²) in [7, 11) is 3.51. The molecule has 0 aliphatic carbocycles. The van der Waals surface area contributed by atoms with Gasteiger partial charge in [-0.1, -0.05) is 0 Å². The second-order valence-electron chi connectivity index (χ2n) is 4.51. The number of benzene rings is 2. The lowest BCUT2D eigenvalue weighted by molar-refractivity contribution is -0.385. The number of nitro groups is 2. The van der Waals surface area contributed by atoms with Gasteiger partial charge in [-0.2, -0.15) is 0 Å². The highest BCUT2D eigenvalue weighted by molar-refractivity contribution is 6.21. The van der Waals surface area contributed by atoms with Crippen LogP contribution in [0.1, 0.15) is 0 Å². The lowest BCUT2D eigenvalue weighted by Gasteiger charge is -2.09. The summed E-state index contributed by atoms with van der Waals surface area (Å²) in [6, 6.07) is 7.93. The Bertz CT molecular complexity index is 733. The van der Waals surface area contributed by atoms with E-state index in [4.69, 9.17) is 18.8 Å². The van der Waals surface area contributed by atoms with Crippen LogP contribution in [0, 0.1) is 20.2 Å². The molecular formula is C14H12BN2O8. The fourth-order valence-corrected chi connectivity index (χ4v) is 1.86. The van der Waals surface area contributed by atoms with E-state index in [2.05, 4.69) is 0 Å². The van der Waals surface area contributed by atoms with Gasteiger partial charge < -0.3 is 18.8 Å². The molecule has 0 bridgehead atoms. The van der Waals surface area contributed by atoms with Crippen LogP contribution in [0.3, 0.4) is 0 Å². The molecule has 2 rings (SSSR count). The van der Waals surface area contributed by atoms with Crippen molar-refractivity contribution >= 4 is 19.1 Å². The lowest BCUT2D eigenvalue weighted by Crippen LogP contribution is -2.13. The van der Waals surface area contributed by atoms with Gasteiger partial charge >= 0.3 is 19.1 Å². The Labute approximate surface area is 142 Å². The maximum atomic E-state index is 11.0. The third-order valence-corrected chi connectivity index (χ3v) is 3.08. The highest BCUT2D eigenvalue weighted by Crippen LogP contribution is 2.33. The number of hydrogen-bond donors (Lipinski definition) is 0. The van der Waals surface area contributed by atoms with Crippen molar-refractivity contribution in [2.75, 3.05) is 14.2 Å². The number of rotatable bonds is 8. The van der Waals surface area contributed by atoms with Crippen LogP contribution in [-0.4, -0.2) is 31.8 Å². The zero-order valence-corrected chi connectivity index (χ0v) is 13.2. The summed E-state index contributed by atoms with van der Waals surface area (Å²) < 4.78 is 20.0. The van der Waals surface area contributed by atoms with Gasteiger partial charge in [0, 0.05) is 0 Å². The van der Waals surface area contributed by atoms with E-state index in [1.807, 2.05) is 0 Å². The van der Waals surface area contributed by atoms with Gasteiger partial charge in [0.2, 0.25) is 0 Å². The minimum atomic E-state index is -0.651. The van der Waals surface area contributed by atoms with E-state index in [9.17, 15) is 20.2 Å². The van der Waals surface area contributed by atoms with Gasteiger partial charge in [-0.05, 0) is 24.3 Å². The van der Waals surface area contributed by atoms with E-state index in [1.54, 1.807) is 0 Å². The Hall–Kier alpha value is -3.50. The van der Waals surface area contributed by atoms with E-state index in [0.29, 0.717) is 0 Å². The largest absolute Gasteiger partial charge is 0.658 e. The second kappa shape index (κ2) is 7.86. The zero-order valence-electron chi connectivity index (χ0n) is 13.2. The van der Waals surface area contributed by atoms with Crippen LogP contribution in [0.25, 0.3) is 0 Å². The Morgan fingerprint density at radius 1 is 0.800 bits per heavy atom. The predicted molar refractivity (Wildman–Crippen MR) is 86.3 cm³/mol. The molecule has 129 valence electrons. The first-order chi connectivity index (χ1) is 12.0. The number of nitrogens with zero attached hydrogens (tertiary/aromatic N) is 2. The highest BCUT2D eigenvalue weighted by Gasteiger charge is 2.20. The summed E-state index contributed by atoms with van der Waals surface area (Å²) in [4.78, 5) is 20.8. The normalized spacial score (nSPS) is 9.84. The minimum Gasteiger partial charge on any atom is -0.521 e. The minimum absolute atomic E-state index is 0.109. The summed E-state index contributed by atoms with van der Waals surface area (Å²) >= 11 is 0. The van der Waals surface area contributed by atoms with Gasteiger partial charge in [0.15, 0.2) is 11.5 Å². The predicted octanol–water partition coefficient (Wildman–Crippen LogP) is 2.51. The first-order valence-electron chi connectivity index (χ1n) is 6.76. The number of methoxy groups -OCH3 is 2. The molecule has 0 fully saturated rings. The molecule has 2 aromatic rings. The number of ether oxygens (including phenoxy) is 2. The molecule has 0 N–H and O–H groups in total. The first-order valence-corrected chi connectivity index (χ1v) is 6.76. The molecule has 0 unspecified atom stereocenters. The van der Waals surface area contributed by atoms with Gasteiger partial charge in [0.05, 0.1) is 36.2 Å². The Morgan fingerprint density at radius 2 is 1.20 bits per heavy atom. The molecule has 1 radical (unpaired) electrons. The molecule has 0 aromatic heterocycles. The fourth-order valence-electron chi connectivity index (χ4n) is 1.86. The van der Waals surface area contributed by atoms with E-state index < -0.39 is 9.85 Å². The van der Waals surface area contributed by atoms with Crippen molar-refractivity contribution in [3.63, 3.8) is 0 Å². The van der Waals surface area contributed by atoms with E-state index in [-0.39, 0.29) is 34.4 Å². The standard InChI is InChI=1S/C14H12BN2O8/c1-22-9-3-5-13(11(7-9)16(18)19)24-15-25-14-6-4-10(23-2)8-12(14)17(20)21/h3-8H,1-2H3. The third kappa shape index (κ3) is 4.28. The Morgan fingerprint density at radius 3 is 1.52 bits per heavy atom. The molecule has 10 nitrogen and oxygen atoms in total. The molecule has 11 heteroatoms. The van der Waals surface area contributed by atoms with Crippen LogP contribution in [0.4, 0.5) is 11.4 Å². The molecule has 0 saturated heterocycles. The molecule has 0 heterocycles. The van der Waals surface area contributed by atoms with Crippen molar-refractivity contribution in [3.05, 3.63) is 56.6 Å². The summed E-state index contributed by atoms with van der Waals surface area (Å²) in [5, 5.41) is 22.1. The van der Waals surface area contributed by atoms with Crippen LogP contribution in [0.2, 0.25) is 0 Å². The molecule has 0 aliphatic heterocycles. The Kier molecular flexibility index (Phi) is 5.61. The van der Waals surface area contributed by atoms with Gasteiger partial charge in [-0.15, -0.1) is 0 Å². The molecular weight excluding hydrogens is 335 g/mol. The van der Waals surface area contributed by atoms with Crippen LogP contribution >= 0.6 is 0 Å². The smallest absolute Gasteiger partial charge is 0.521 e. The van der Waals surface area contributed by atoms with Crippen LogP contribution in [-0.2, 0) is 0 Å². The number of nitro benzene ring substituents is 2. The summed E-state index contributed by atoms with van der Waals surface area (Å²) in [6.07, 6.45) is 0. The van der Waals surface area contributed by atoms with Crippen molar-refractivity contribution in [2.24, 2.45) is 0 Å². The molecule has 0 spiro atoms. The Balaban J connectivity index is 2.13. The molecule has 0 amide bonds. The van der Waals surface area contributed by atoms with Crippen molar-refractivity contribution in [2.45, 2.75) is 0 Å². The average Bonchev–Trinajstić information content (AvgIpc) is 2.61. The maximum Gasteiger partial charge on any atom is 0.658 e. The van der Waals surface area contributed by atoms with Gasteiger partial charge in [0.1, 0.15) is 11.5 Å². The fraction of sp³-hybridized carbons (Fsp3) is 0.143. The summed E-state index contributed by atoms with van der Waals surface area (Å²) in [6.45, 7) is 0. The van der Waals surface area contributed by atoms with Crippen molar-refractivity contribution in [3.8, 4) is 23.0 Å². The van der Waals surface area contributed by atoms with Crippen LogP contribution < -0.4 is 18.8 Å². The first kappa shape index (κ1) is 17.9. The summed E-state index contributed by atoms with van der Waals surface area (Å²) in [5.41, 5.74) is -0.688. The average molecular weight is 347 g/mol. The quantitative estimate of drug-likeness (QED) is 0.405. The monoisotopic (exact) mass is 347 g/mol. The second-order valence-corrected chi connectivity index (χ2v) is 4.51. The maximum absolute atomic E-state index is 11.0. The van der Waals surface area contributed by atoms with Crippen LogP contribution in [0.5, 0.6) is 23.0 Å². The molecule has 0 aliphatic rings. The lowest BCUT2D eigenvalue weighted by atomic mass is 10.2. The number of hydrogen-bond acceptors (Lipinski definition) is 8. The van der Waals surface area contributed by atoms with E-state index >= 15 is 0 Å². The van der Waals surface area contributed by atoms with E-state index in [1.165, 1.54) is 50.6 Å². The SMILES string of the molecule is COc1ccc(O[B]Oc2ccc(OC)cc2[N+](=O)[O-])c([N+](=O)[O-])c1. The van der Waals surface area contributed by atoms with Gasteiger partial charge in [0.25, 0.3) is 0 Å². The zero-order chi connectivity index (χ0) is 18.4. The van der Waals surface area contributed by atoms with Crippen molar-refractivity contribution in [1.82, 2.24) is 0 Å².